The van der Waals surface area contributed by atoms with Gasteiger partial charge in [0.05, 0.1) is 19.3 Å². The number of aryl methyl sites for hydroxylation is 1. The zero-order valence-corrected chi connectivity index (χ0v) is 14.2. The Hall–Kier alpha value is -2.13. The van der Waals surface area contributed by atoms with Gasteiger partial charge in [-0.3, -0.25) is 9.99 Å². The molecule has 0 saturated carbocycles. The Labute approximate surface area is 136 Å². The zero-order valence-electron chi connectivity index (χ0n) is 12.6. The minimum absolute atomic E-state index is 0.0860. The molecule has 0 fully saturated rings. The third-order valence-electron chi connectivity index (χ3n) is 3.28. The van der Waals surface area contributed by atoms with Crippen LogP contribution in [-0.4, -0.2) is 22.1 Å². The summed E-state index contributed by atoms with van der Waals surface area (Å²) in [5, 5.41) is 1.40. The summed E-state index contributed by atoms with van der Waals surface area (Å²) in [5.41, 5.74) is 14.6. The lowest BCUT2D eigenvalue weighted by atomic mass is 10.1. The highest BCUT2D eigenvalue weighted by molar-refractivity contribution is 9.10. The van der Waals surface area contributed by atoms with Crippen molar-refractivity contribution in [2.45, 2.75) is 20.4 Å². The molecule has 2 aromatic rings. The van der Waals surface area contributed by atoms with Crippen LogP contribution in [0.3, 0.4) is 0 Å². The first-order valence-electron chi connectivity index (χ1n) is 6.45. The van der Waals surface area contributed by atoms with Crippen LogP contribution in [0.5, 0.6) is 5.75 Å². The molecule has 6 N–H and O–H groups in total. The Kier molecular flexibility index (Phi) is 4.67. The van der Waals surface area contributed by atoms with Crippen molar-refractivity contribution in [1.82, 2.24) is 15.0 Å². The summed E-state index contributed by atoms with van der Waals surface area (Å²) in [4.78, 5) is 12.3. The van der Waals surface area contributed by atoms with E-state index < -0.39 is 0 Å². The van der Waals surface area contributed by atoms with E-state index in [-0.39, 0.29) is 5.95 Å². The topological polar surface area (TPSA) is 129 Å². The number of hydrogen-bond acceptors (Lipinski definition) is 8. The summed E-state index contributed by atoms with van der Waals surface area (Å²) in [6, 6.07) is 0. The Morgan fingerprint density at radius 1 is 1.27 bits per heavy atom. The van der Waals surface area contributed by atoms with Gasteiger partial charge in [0, 0.05) is 6.20 Å². The Morgan fingerprint density at radius 3 is 2.59 bits per heavy atom. The van der Waals surface area contributed by atoms with Crippen molar-refractivity contribution < 1.29 is 4.74 Å². The largest absolute Gasteiger partial charge is 0.495 e. The summed E-state index contributed by atoms with van der Waals surface area (Å²) < 4.78 is 5.77. The fourth-order valence-electron chi connectivity index (χ4n) is 2.13. The molecule has 22 heavy (non-hydrogen) atoms. The van der Waals surface area contributed by atoms with Gasteiger partial charge in [0.15, 0.2) is 5.82 Å². The third kappa shape index (κ3) is 3.04. The van der Waals surface area contributed by atoms with Gasteiger partial charge in [0.1, 0.15) is 16.0 Å². The van der Waals surface area contributed by atoms with Crippen LogP contribution in [0.2, 0.25) is 0 Å². The van der Waals surface area contributed by atoms with Crippen molar-refractivity contribution in [1.29, 1.82) is 0 Å². The molecule has 2 aromatic heterocycles. The van der Waals surface area contributed by atoms with Crippen LogP contribution < -0.4 is 27.1 Å². The molecule has 0 spiro atoms. The van der Waals surface area contributed by atoms with Gasteiger partial charge in [-0.2, -0.15) is 4.98 Å². The third-order valence-corrected chi connectivity index (χ3v) is 3.88. The zero-order chi connectivity index (χ0) is 16.4. The van der Waals surface area contributed by atoms with Gasteiger partial charge in [0.25, 0.3) is 0 Å². The summed E-state index contributed by atoms with van der Waals surface area (Å²) in [6.07, 6.45) is 1.75. The van der Waals surface area contributed by atoms with E-state index in [2.05, 4.69) is 30.9 Å². The van der Waals surface area contributed by atoms with Crippen molar-refractivity contribution in [2.75, 3.05) is 23.6 Å². The van der Waals surface area contributed by atoms with Gasteiger partial charge < -0.3 is 16.2 Å². The molecule has 0 saturated heterocycles. The van der Waals surface area contributed by atoms with Crippen LogP contribution >= 0.6 is 15.9 Å². The van der Waals surface area contributed by atoms with Crippen molar-refractivity contribution in [3.05, 3.63) is 27.6 Å². The van der Waals surface area contributed by atoms with Crippen LogP contribution in [0.15, 0.2) is 10.8 Å². The van der Waals surface area contributed by atoms with E-state index in [1.165, 1.54) is 5.01 Å². The lowest BCUT2D eigenvalue weighted by molar-refractivity contribution is 0.405. The van der Waals surface area contributed by atoms with E-state index in [0.29, 0.717) is 22.7 Å². The first-order chi connectivity index (χ1) is 10.3. The fraction of sp³-hybridized carbons (Fsp3) is 0.308. The number of nitrogen functional groups attached to an aromatic ring is 2. The monoisotopic (exact) mass is 367 g/mol. The number of methoxy groups -OCH3 is 1. The van der Waals surface area contributed by atoms with E-state index in [4.69, 9.17) is 22.0 Å². The van der Waals surface area contributed by atoms with E-state index in [1.807, 2.05) is 13.8 Å². The number of aromatic nitrogens is 3. The molecule has 2 rings (SSSR count). The lowest BCUT2D eigenvalue weighted by Gasteiger charge is -2.21. The molecule has 0 aliphatic heterocycles. The molecule has 8 nitrogen and oxygen atoms in total. The van der Waals surface area contributed by atoms with Crippen molar-refractivity contribution in [3.63, 3.8) is 0 Å². The van der Waals surface area contributed by atoms with Crippen LogP contribution in [0.4, 0.5) is 17.5 Å². The van der Waals surface area contributed by atoms with Gasteiger partial charge in [-0.25, -0.2) is 10.8 Å². The Morgan fingerprint density at radius 2 is 1.95 bits per heavy atom. The number of halogens is 1. The number of nitrogens with two attached hydrogens (primary N) is 3. The molecular formula is C13H18BrN7O. The maximum atomic E-state index is 6.08. The van der Waals surface area contributed by atoms with Crippen LogP contribution in [0.25, 0.3) is 0 Å². The second kappa shape index (κ2) is 6.32. The first-order valence-corrected chi connectivity index (χ1v) is 7.24. The average Bonchev–Trinajstić information content (AvgIpc) is 2.46. The van der Waals surface area contributed by atoms with Gasteiger partial charge in [-0.15, -0.1) is 0 Å². The van der Waals surface area contributed by atoms with Gasteiger partial charge in [0.2, 0.25) is 5.95 Å². The minimum Gasteiger partial charge on any atom is -0.495 e. The molecule has 0 aliphatic rings. The number of hydrogen-bond donors (Lipinski definition) is 3. The fourth-order valence-corrected chi connectivity index (χ4v) is 2.49. The maximum Gasteiger partial charge on any atom is 0.223 e. The summed E-state index contributed by atoms with van der Waals surface area (Å²) in [5.74, 6) is 7.25. The van der Waals surface area contributed by atoms with E-state index in [0.717, 1.165) is 22.6 Å². The van der Waals surface area contributed by atoms with Crippen molar-refractivity contribution >= 4 is 33.4 Å². The van der Waals surface area contributed by atoms with Crippen LogP contribution in [0, 0.1) is 13.8 Å². The maximum absolute atomic E-state index is 6.08. The number of pyridine rings is 1. The minimum atomic E-state index is 0.0860. The highest BCUT2D eigenvalue weighted by Gasteiger charge is 2.16. The normalized spacial score (nSPS) is 10.6. The Bertz CT molecular complexity index is 707. The van der Waals surface area contributed by atoms with Gasteiger partial charge in [-0.05, 0) is 40.9 Å². The number of hydrazine groups is 1. The van der Waals surface area contributed by atoms with Gasteiger partial charge in [-0.1, -0.05) is 0 Å². The van der Waals surface area contributed by atoms with Crippen LogP contribution in [0.1, 0.15) is 16.8 Å². The highest BCUT2D eigenvalue weighted by Crippen LogP contribution is 2.29. The Balaban J connectivity index is 2.36. The lowest BCUT2D eigenvalue weighted by Crippen LogP contribution is -2.32. The summed E-state index contributed by atoms with van der Waals surface area (Å²) >= 11 is 3.23. The van der Waals surface area contributed by atoms with E-state index in [9.17, 15) is 0 Å². The summed E-state index contributed by atoms with van der Waals surface area (Å²) in [6.45, 7) is 4.18. The SMILES string of the molecule is COc1c(C)ncc(CN(N)c2nc(N)nc(Br)c2N)c1C. The number of nitrogens with zero attached hydrogens (tertiary/aromatic N) is 4. The molecule has 2 heterocycles. The number of rotatable bonds is 4. The molecule has 118 valence electrons. The number of anilines is 3. The molecule has 0 atom stereocenters. The molecular weight excluding hydrogens is 350 g/mol. The molecule has 9 heteroatoms. The van der Waals surface area contributed by atoms with Gasteiger partial charge >= 0.3 is 0 Å². The quantitative estimate of drug-likeness (QED) is 0.418. The molecule has 0 radical (unpaired) electrons. The van der Waals surface area contributed by atoms with E-state index in [1.54, 1.807) is 13.3 Å². The molecule has 0 bridgehead atoms. The van der Waals surface area contributed by atoms with Crippen molar-refractivity contribution in [2.24, 2.45) is 5.84 Å². The van der Waals surface area contributed by atoms with Crippen LogP contribution in [-0.2, 0) is 6.54 Å². The highest BCUT2D eigenvalue weighted by atomic mass is 79.9. The second-order valence-electron chi connectivity index (χ2n) is 4.76. The average molecular weight is 368 g/mol. The molecule has 0 unspecified atom stereocenters. The second-order valence-corrected chi connectivity index (χ2v) is 5.52. The number of ether oxygens (including phenoxy) is 1. The molecule has 0 amide bonds. The standard InChI is InChI=1S/C13H18BrN7O/c1-6-8(4-18-7(2)10(6)22-3)5-21(17)12-9(15)11(14)19-13(16)20-12/h4H,5,15,17H2,1-3H3,(H2,16,19,20). The smallest absolute Gasteiger partial charge is 0.223 e. The first kappa shape index (κ1) is 16.2. The summed E-state index contributed by atoms with van der Waals surface area (Å²) in [7, 11) is 1.61. The van der Waals surface area contributed by atoms with Crippen molar-refractivity contribution in [3.8, 4) is 5.75 Å². The molecule has 0 aromatic carbocycles. The predicted molar refractivity (Wildman–Crippen MR) is 89.2 cm³/mol. The predicted octanol–water partition coefficient (Wildman–Crippen LogP) is 1.30. The van der Waals surface area contributed by atoms with E-state index >= 15 is 0 Å². The molecule has 0 aliphatic carbocycles.